The van der Waals surface area contributed by atoms with Gasteiger partial charge in [-0.1, -0.05) is 6.92 Å². The number of rotatable bonds is 8. The molecule has 0 bridgehead atoms. The standard InChI is InChI=1S/C11H20N2O2S3/c1-3-5-16-8-11-13-10(7-17-11)9(12)4-6-18(2,14)15/h7,9H,3-6,8,12H2,1-2H3. The molecule has 4 nitrogen and oxygen atoms in total. The molecule has 1 aromatic rings. The Morgan fingerprint density at radius 3 is 2.89 bits per heavy atom. The zero-order valence-corrected chi connectivity index (χ0v) is 13.2. The molecule has 1 unspecified atom stereocenters. The summed E-state index contributed by atoms with van der Waals surface area (Å²) in [6.45, 7) is 2.15. The van der Waals surface area contributed by atoms with E-state index in [2.05, 4.69) is 11.9 Å². The van der Waals surface area contributed by atoms with Crippen molar-refractivity contribution in [3.8, 4) is 0 Å². The van der Waals surface area contributed by atoms with E-state index in [0.29, 0.717) is 6.42 Å². The van der Waals surface area contributed by atoms with E-state index in [9.17, 15) is 8.42 Å². The van der Waals surface area contributed by atoms with Crippen LogP contribution < -0.4 is 5.73 Å². The van der Waals surface area contributed by atoms with Crippen LogP contribution in [0.5, 0.6) is 0 Å². The van der Waals surface area contributed by atoms with Crippen LogP contribution >= 0.6 is 23.1 Å². The number of aromatic nitrogens is 1. The molecule has 0 amide bonds. The molecule has 1 rings (SSSR count). The lowest BCUT2D eigenvalue weighted by molar-refractivity contribution is 0.590. The van der Waals surface area contributed by atoms with Gasteiger partial charge >= 0.3 is 0 Å². The van der Waals surface area contributed by atoms with Crippen molar-refractivity contribution < 1.29 is 8.42 Å². The van der Waals surface area contributed by atoms with Gasteiger partial charge in [0.2, 0.25) is 0 Å². The van der Waals surface area contributed by atoms with Crippen LogP contribution in [0.4, 0.5) is 0 Å². The molecule has 0 spiro atoms. The van der Waals surface area contributed by atoms with Gasteiger partial charge in [-0.25, -0.2) is 13.4 Å². The SMILES string of the molecule is CCCSCc1nc(C(N)CCS(C)(=O)=O)cs1. The van der Waals surface area contributed by atoms with Gasteiger partial charge in [-0.15, -0.1) is 11.3 Å². The van der Waals surface area contributed by atoms with Crippen LogP contribution in [0.2, 0.25) is 0 Å². The number of nitrogens with two attached hydrogens (primary N) is 1. The summed E-state index contributed by atoms with van der Waals surface area (Å²) in [6, 6.07) is -0.277. The number of thiazole rings is 1. The van der Waals surface area contributed by atoms with Crippen LogP contribution in [0.1, 0.15) is 36.5 Å². The quantitative estimate of drug-likeness (QED) is 0.745. The summed E-state index contributed by atoms with van der Waals surface area (Å²) in [5.74, 6) is 2.16. The fourth-order valence-corrected chi connectivity index (χ4v) is 3.87. The predicted molar refractivity (Wildman–Crippen MR) is 79.8 cm³/mol. The van der Waals surface area contributed by atoms with Gasteiger partial charge in [0.05, 0.1) is 11.4 Å². The number of thioether (sulfide) groups is 1. The van der Waals surface area contributed by atoms with E-state index in [4.69, 9.17) is 5.73 Å². The summed E-state index contributed by atoms with van der Waals surface area (Å²) in [5.41, 5.74) is 6.76. The third kappa shape index (κ3) is 6.17. The summed E-state index contributed by atoms with van der Waals surface area (Å²) in [4.78, 5) is 4.46. The molecule has 1 aromatic heterocycles. The van der Waals surface area contributed by atoms with Gasteiger partial charge in [0.15, 0.2) is 0 Å². The van der Waals surface area contributed by atoms with Gasteiger partial charge in [0.1, 0.15) is 14.8 Å². The van der Waals surface area contributed by atoms with E-state index in [1.807, 2.05) is 17.1 Å². The van der Waals surface area contributed by atoms with E-state index >= 15 is 0 Å². The fourth-order valence-electron chi connectivity index (χ4n) is 1.35. The minimum absolute atomic E-state index is 0.117. The van der Waals surface area contributed by atoms with Crippen molar-refractivity contribution in [2.45, 2.75) is 31.6 Å². The van der Waals surface area contributed by atoms with Crippen molar-refractivity contribution in [2.75, 3.05) is 17.8 Å². The summed E-state index contributed by atoms with van der Waals surface area (Å²) in [6.07, 6.45) is 2.83. The first-order valence-corrected chi connectivity index (χ1v) is 9.97. The second-order valence-corrected chi connectivity index (χ2v) is 8.55. The van der Waals surface area contributed by atoms with Crippen molar-refractivity contribution in [3.63, 3.8) is 0 Å². The highest BCUT2D eigenvalue weighted by atomic mass is 32.2. The molecule has 0 aliphatic rings. The molecule has 0 aliphatic heterocycles. The molecule has 1 atom stereocenters. The summed E-state index contributed by atoms with van der Waals surface area (Å²) in [5, 5.41) is 3.01. The Morgan fingerprint density at radius 2 is 2.28 bits per heavy atom. The van der Waals surface area contributed by atoms with Crippen molar-refractivity contribution in [3.05, 3.63) is 16.1 Å². The molecular formula is C11H20N2O2S3. The molecule has 2 N–H and O–H groups in total. The van der Waals surface area contributed by atoms with Crippen LogP contribution in [0.25, 0.3) is 0 Å². The van der Waals surface area contributed by atoms with Gasteiger partial charge in [0.25, 0.3) is 0 Å². The highest BCUT2D eigenvalue weighted by Gasteiger charge is 2.13. The molecule has 0 radical (unpaired) electrons. The number of nitrogens with zero attached hydrogens (tertiary/aromatic N) is 1. The van der Waals surface area contributed by atoms with E-state index in [1.165, 1.54) is 6.26 Å². The van der Waals surface area contributed by atoms with Crippen LogP contribution in [-0.2, 0) is 15.6 Å². The monoisotopic (exact) mass is 308 g/mol. The average Bonchev–Trinajstić information content (AvgIpc) is 2.74. The minimum Gasteiger partial charge on any atom is -0.323 e. The maximum atomic E-state index is 11.1. The lowest BCUT2D eigenvalue weighted by atomic mass is 10.2. The molecule has 0 fully saturated rings. The van der Waals surface area contributed by atoms with Crippen molar-refractivity contribution in [1.29, 1.82) is 0 Å². The molecule has 104 valence electrons. The minimum atomic E-state index is -2.95. The summed E-state index contributed by atoms with van der Waals surface area (Å²) >= 11 is 3.46. The molecule has 1 heterocycles. The molecule has 0 saturated carbocycles. The Morgan fingerprint density at radius 1 is 1.56 bits per heavy atom. The molecule has 0 saturated heterocycles. The smallest absolute Gasteiger partial charge is 0.147 e. The topological polar surface area (TPSA) is 73.0 Å². The number of hydrogen-bond donors (Lipinski definition) is 1. The van der Waals surface area contributed by atoms with Gasteiger partial charge in [-0.2, -0.15) is 11.8 Å². The summed E-state index contributed by atoms with van der Waals surface area (Å²) < 4.78 is 22.1. The maximum absolute atomic E-state index is 11.1. The third-order valence-corrected chi connectivity index (χ3v) is 5.52. The van der Waals surface area contributed by atoms with Crippen molar-refractivity contribution in [1.82, 2.24) is 4.98 Å². The molecule has 0 aromatic carbocycles. The Balaban J connectivity index is 2.46. The Labute approximate surface area is 117 Å². The second kappa shape index (κ2) is 7.47. The first kappa shape index (κ1) is 15.9. The Hall–Kier alpha value is -0.110. The van der Waals surface area contributed by atoms with Crippen LogP contribution in [0.15, 0.2) is 5.38 Å². The highest BCUT2D eigenvalue weighted by Crippen LogP contribution is 2.21. The van der Waals surface area contributed by atoms with E-state index in [1.54, 1.807) is 11.3 Å². The van der Waals surface area contributed by atoms with E-state index in [0.717, 1.165) is 28.6 Å². The van der Waals surface area contributed by atoms with Gasteiger partial charge in [-0.05, 0) is 18.6 Å². The largest absolute Gasteiger partial charge is 0.323 e. The van der Waals surface area contributed by atoms with Gasteiger partial charge in [0, 0.05) is 23.4 Å². The zero-order chi connectivity index (χ0) is 13.6. The van der Waals surface area contributed by atoms with Gasteiger partial charge in [-0.3, -0.25) is 0 Å². The van der Waals surface area contributed by atoms with Crippen LogP contribution in [0, 0.1) is 0 Å². The van der Waals surface area contributed by atoms with Crippen LogP contribution in [-0.4, -0.2) is 31.2 Å². The first-order chi connectivity index (χ1) is 8.42. The number of hydrogen-bond acceptors (Lipinski definition) is 6. The fraction of sp³-hybridized carbons (Fsp3) is 0.727. The lowest BCUT2D eigenvalue weighted by Gasteiger charge is -2.07. The Bertz CT molecular complexity index is 457. The average molecular weight is 308 g/mol. The third-order valence-electron chi connectivity index (χ3n) is 2.32. The van der Waals surface area contributed by atoms with E-state index < -0.39 is 9.84 Å². The maximum Gasteiger partial charge on any atom is 0.147 e. The van der Waals surface area contributed by atoms with Gasteiger partial charge < -0.3 is 5.73 Å². The molecular weight excluding hydrogens is 288 g/mol. The predicted octanol–water partition coefficient (Wildman–Crippen LogP) is 2.22. The Kier molecular flexibility index (Phi) is 6.62. The van der Waals surface area contributed by atoms with Crippen molar-refractivity contribution >= 4 is 32.9 Å². The highest BCUT2D eigenvalue weighted by molar-refractivity contribution is 7.98. The zero-order valence-electron chi connectivity index (χ0n) is 10.8. The van der Waals surface area contributed by atoms with Crippen molar-refractivity contribution in [2.24, 2.45) is 5.73 Å². The molecule has 7 heteroatoms. The number of sulfone groups is 1. The van der Waals surface area contributed by atoms with Crippen LogP contribution in [0.3, 0.4) is 0 Å². The molecule has 18 heavy (non-hydrogen) atoms. The normalized spacial score (nSPS) is 13.7. The summed E-state index contributed by atoms with van der Waals surface area (Å²) in [7, 11) is -2.95. The second-order valence-electron chi connectivity index (χ2n) is 4.24. The first-order valence-electron chi connectivity index (χ1n) is 5.87. The molecule has 0 aliphatic carbocycles. The lowest BCUT2D eigenvalue weighted by Crippen LogP contribution is -2.16. The van der Waals surface area contributed by atoms with E-state index in [-0.39, 0.29) is 11.8 Å².